The molecule has 0 spiro atoms. The fraction of sp³-hybridized carbons (Fsp3) is 0.316. The third kappa shape index (κ3) is 5.04. The van der Waals surface area contributed by atoms with Crippen molar-refractivity contribution in [1.82, 2.24) is 4.90 Å². The number of primary amides is 2. The molecule has 154 valence electrons. The number of piperidine rings is 1. The Balaban J connectivity index is 1.84. The number of likely N-dealkylation sites (tertiary alicyclic amines) is 1. The lowest BCUT2D eigenvalue weighted by Crippen LogP contribution is -2.46. The highest BCUT2D eigenvalue weighted by Gasteiger charge is 2.27. The Morgan fingerprint density at radius 3 is 2.72 bits per heavy atom. The number of anilines is 1. The normalized spacial score (nSPS) is 16.3. The van der Waals surface area contributed by atoms with Crippen LogP contribution < -0.4 is 22.5 Å². The first-order chi connectivity index (χ1) is 13.9. The lowest BCUT2D eigenvalue weighted by molar-refractivity contribution is 0.0134. The number of thiophene rings is 1. The van der Waals surface area contributed by atoms with Gasteiger partial charge in [0.25, 0.3) is 0 Å². The van der Waals surface area contributed by atoms with Crippen LogP contribution in [0.4, 0.5) is 15.3 Å². The van der Waals surface area contributed by atoms with Gasteiger partial charge in [-0.1, -0.05) is 18.2 Å². The molecule has 9 nitrogen and oxygen atoms in total. The van der Waals surface area contributed by atoms with E-state index in [1.807, 2.05) is 24.3 Å². The number of amides is 4. The summed E-state index contributed by atoms with van der Waals surface area (Å²) >= 11 is 1.19. The fourth-order valence-electron chi connectivity index (χ4n) is 3.20. The number of nitrogens with one attached hydrogen (secondary N) is 1. The lowest BCUT2D eigenvalue weighted by atomic mass is 10.1. The molecule has 1 unspecified atom stereocenters. The predicted octanol–water partition coefficient (Wildman–Crippen LogP) is 2.06. The van der Waals surface area contributed by atoms with E-state index in [4.69, 9.17) is 21.9 Å². The van der Waals surface area contributed by atoms with Crippen LogP contribution in [0.3, 0.4) is 0 Å². The van der Waals surface area contributed by atoms with Crippen molar-refractivity contribution in [2.75, 3.05) is 18.4 Å². The second-order valence-electron chi connectivity index (χ2n) is 6.70. The molecule has 0 saturated carbocycles. The van der Waals surface area contributed by atoms with Crippen LogP contribution in [0.2, 0.25) is 0 Å². The van der Waals surface area contributed by atoms with Gasteiger partial charge in [0.1, 0.15) is 11.0 Å². The topological polar surface area (TPSA) is 154 Å². The summed E-state index contributed by atoms with van der Waals surface area (Å²) in [5.74, 6) is -0.587. The van der Waals surface area contributed by atoms with Crippen LogP contribution in [0, 0.1) is 0 Å². The van der Waals surface area contributed by atoms with Gasteiger partial charge < -0.3 is 32.2 Å². The van der Waals surface area contributed by atoms with Gasteiger partial charge in [-0.25, -0.2) is 14.4 Å². The highest BCUT2D eigenvalue weighted by molar-refractivity contribution is 7.18. The molecule has 2 heterocycles. The molecule has 1 aromatic carbocycles. The van der Waals surface area contributed by atoms with Crippen LogP contribution in [-0.4, -0.2) is 42.1 Å². The van der Waals surface area contributed by atoms with E-state index in [2.05, 4.69) is 5.32 Å². The molecule has 0 aliphatic carbocycles. The third-order valence-electron chi connectivity index (χ3n) is 4.59. The Labute approximate surface area is 171 Å². The molecular formula is C19H23N5O4S. The van der Waals surface area contributed by atoms with Crippen molar-refractivity contribution in [3.05, 3.63) is 40.8 Å². The lowest BCUT2D eigenvalue weighted by Gasteiger charge is -2.31. The van der Waals surface area contributed by atoms with Crippen molar-refractivity contribution in [2.45, 2.75) is 25.5 Å². The Morgan fingerprint density at radius 1 is 1.24 bits per heavy atom. The summed E-state index contributed by atoms with van der Waals surface area (Å²) in [6, 6.07) is 7.94. The number of carbonyl (C=O) groups is 3. The number of esters is 1. The van der Waals surface area contributed by atoms with Crippen molar-refractivity contribution in [1.29, 1.82) is 0 Å². The van der Waals surface area contributed by atoms with E-state index in [0.29, 0.717) is 25.9 Å². The summed E-state index contributed by atoms with van der Waals surface area (Å²) in [6.45, 7) is 1.17. The van der Waals surface area contributed by atoms with E-state index in [9.17, 15) is 14.4 Å². The number of nitrogens with zero attached hydrogens (tertiary/aromatic N) is 1. The Morgan fingerprint density at radius 2 is 2.03 bits per heavy atom. The predicted molar refractivity (Wildman–Crippen MR) is 110 cm³/mol. The minimum atomic E-state index is -0.781. The molecule has 1 fully saturated rings. The van der Waals surface area contributed by atoms with Crippen molar-refractivity contribution in [3.8, 4) is 10.4 Å². The molecule has 29 heavy (non-hydrogen) atoms. The molecule has 1 aliphatic rings. The van der Waals surface area contributed by atoms with E-state index in [1.165, 1.54) is 16.2 Å². The standard InChI is InChI=1S/C19H23N5O4S/c20-9-11-3-1-4-12(7-11)15-8-14(23-18(21)26)16(29-15)17(25)28-13-5-2-6-24(10-13)19(22)27/h1,3-4,7-8,13H,2,5-6,9-10,20H2,(H2,22,27)(H3,21,23,26). The summed E-state index contributed by atoms with van der Waals surface area (Å²) < 4.78 is 5.58. The average Bonchev–Trinajstić information content (AvgIpc) is 3.11. The largest absolute Gasteiger partial charge is 0.456 e. The molecule has 7 N–H and O–H groups in total. The van der Waals surface area contributed by atoms with Crippen LogP contribution in [0.15, 0.2) is 30.3 Å². The van der Waals surface area contributed by atoms with Crippen molar-refractivity contribution < 1.29 is 19.1 Å². The second kappa shape index (κ2) is 8.93. The van der Waals surface area contributed by atoms with Crippen molar-refractivity contribution in [3.63, 3.8) is 0 Å². The molecule has 2 aromatic rings. The maximum atomic E-state index is 12.8. The quantitative estimate of drug-likeness (QED) is 0.548. The molecule has 4 amide bonds. The van der Waals surface area contributed by atoms with Gasteiger partial charge in [-0.05, 0) is 36.1 Å². The van der Waals surface area contributed by atoms with E-state index in [-0.39, 0.29) is 17.1 Å². The number of hydrogen-bond donors (Lipinski definition) is 4. The summed E-state index contributed by atoms with van der Waals surface area (Å²) in [5.41, 5.74) is 18.4. The first-order valence-electron chi connectivity index (χ1n) is 9.12. The van der Waals surface area contributed by atoms with Gasteiger partial charge in [0.2, 0.25) is 0 Å². The zero-order chi connectivity index (χ0) is 21.0. The number of ether oxygens (including phenoxy) is 1. The van der Waals surface area contributed by atoms with Gasteiger partial charge >= 0.3 is 18.0 Å². The third-order valence-corrected chi connectivity index (χ3v) is 5.75. The minimum Gasteiger partial charge on any atom is -0.456 e. The monoisotopic (exact) mass is 417 g/mol. The Hall–Kier alpha value is -3.11. The summed E-state index contributed by atoms with van der Waals surface area (Å²) in [5, 5.41) is 2.48. The van der Waals surface area contributed by atoms with Gasteiger partial charge in [-0.2, -0.15) is 0 Å². The van der Waals surface area contributed by atoms with Crippen LogP contribution in [-0.2, 0) is 11.3 Å². The molecule has 1 atom stereocenters. The van der Waals surface area contributed by atoms with Gasteiger partial charge in [0.15, 0.2) is 0 Å². The number of hydrogen-bond acceptors (Lipinski definition) is 6. The Bertz CT molecular complexity index is 929. The summed E-state index contributed by atoms with van der Waals surface area (Å²) in [4.78, 5) is 38.0. The van der Waals surface area contributed by atoms with Crippen LogP contribution in [0.1, 0.15) is 28.1 Å². The fourth-order valence-corrected chi connectivity index (χ4v) is 4.19. The highest BCUT2D eigenvalue weighted by atomic mass is 32.1. The average molecular weight is 417 g/mol. The summed E-state index contributed by atoms with van der Waals surface area (Å²) in [7, 11) is 0. The highest BCUT2D eigenvalue weighted by Crippen LogP contribution is 2.36. The number of rotatable bonds is 5. The van der Waals surface area contributed by atoms with Crippen molar-refractivity contribution in [2.24, 2.45) is 17.2 Å². The van der Waals surface area contributed by atoms with E-state index in [1.54, 1.807) is 6.07 Å². The number of urea groups is 2. The zero-order valence-corrected chi connectivity index (χ0v) is 16.5. The van der Waals surface area contributed by atoms with Gasteiger partial charge in [-0.15, -0.1) is 11.3 Å². The van der Waals surface area contributed by atoms with Crippen molar-refractivity contribution >= 4 is 35.1 Å². The van der Waals surface area contributed by atoms with Crippen LogP contribution in [0.5, 0.6) is 0 Å². The molecular weight excluding hydrogens is 394 g/mol. The number of nitrogens with two attached hydrogens (primary N) is 3. The van der Waals surface area contributed by atoms with E-state index < -0.39 is 24.1 Å². The van der Waals surface area contributed by atoms with E-state index in [0.717, 1.165) is 16.0 Å². The molecule has 3 rings (SSSR count). The first kappa shape index (κ1) is 20.6. The number of benzene rings is 1. The van der Waals surface area contributed by atoms with Crippen LogP contribution in [0.25, 0.3) is 10.4 Å². The molecule has 1 aliphatic heterocycles. The zero-order valence-electron chi connectivity index (χ0n) is 15.7. The SMILES string of the molecule is NCc1cccc(-c2cc(NC(N)=O)c(C(=O)OC3CCCN(C(N)=O)C3)s2)c1. The molecule has 10 heteroatoms. The van der Waals surface area contributed by atoms with Gasteiger partial charge in [-0.3, -0.25) is 0 Å². The molecule has 1 aromatic heterocycles. The second-order valence-corrected chi connectivity index (χ2v) is 7.75. The minimum absolute atomic E-state index is 0.230. The van der Waals surface area contributed by atoms with E-state index >= 15 is 0 Å². The summed E-state index contributed by atoms with van der Waals surface area (Å²) in [6.07, 6.45) is 0.857. The van der Waals surface area contributed by atoms with Gasteiger partial charge in [0.05, 0.1) is 12.2 Å². The maximum Gasteiger partial charge on any atom is 0.350 e. The Kier molecular flexibility index (Phi) is 6.35. The van der Waals surface area contributed by atoms with Gasteiger partial charge in [0, 0.05) is 18.0 Å². The molecule has 1 saturated heterocycles. The first-order valence-corrected chi connectivity index (χ1v) is 9.94. The molecule has 0 bridgehead atoms. The maximum absolute atomic E-state index is 12.8. The smallest absolute Gasteiger partial charge is 0.350 e. The van der Waals surface area contributed by atoms with Crippen LogP contribution >= 0.6 is 11.3 Å². The molecule has 0 radical (unpaired) electrons. The number of carbonyl (C=O) groups excluding carboxylic acids is 3.